The molecular formula is C18H26BN3O3. The third kappa shape index (κ3) is 3.36. The van der Waals surface area contributed by atoms with Crippen molar-refractivity contribution < 1.29 is 14.0 Å². The van der Waals surface area contributed by atoms with Gasteiger partial charge in [-0.05, 0) is 39.2 Å². The van der Waals surface area contributed by atoms with Gasteiger partial charge < -0.3 is 18.9 Å². The highest BCUT2D eigenvalue weighted by Gasteiger charge is 2.52. The third-order valence-electron chi connectivity index (χ3n) is 5.13. The molecule has 0 atom stereocenters. The average molecular weight is 343 g/mol. The minimum absolute atomic E-state index is 0.374. The number of aromatic nitrogens is 2. The summed E-state index contributed by atoms with van der Waals surface area (Å²) in [5.74, 6) is 0.676. The van der Waals surface area contributed by atoms with Crippen LogP contribution in [0, 0.1) is 0 Å². The standard InChI is InChI=1S/C18H26BN3O3/c1-17(2)18(3,4)25-19(24-17)14-8-7-9-15-13(14)12-20-16(21-15)22(5)10-11-23-6/h7-9,12H,10-11H2,1-6H3. The maximum Gasteiger partial charge on any atom is 0.495 e. The smallest absolute Gasteiger partial charge is 0.399 e. The Bertz CT molecular complexity index is 750. The lowest BCUT2D eigenvalue weighted by atomic mass is 9.77. The Kier molecular flexibility index (Phi) is 4.75. The van der Waals surface area contributed by atoms with Crippen molar-refractivity contribution in [1.82, 2.24) is 9.97 Å². The highest BCUT2D eigenvalue weighted by atomic mass is 16.7. The van der Waals surface area contributed by atoms with Crippen LogP contribution in [0.25, 0.3) is 10.9 Å². The van der Waals surface area contributed by atoms with Crippen LogP contribution in [-0.2, 0) is 14.0 Å². The molecule has 6 nitrogen and oxygen atoms in total. The van der Waals surface area contributed by atoms with Crippen LogP contribution >= 0.6 is 0 Å². The Labute approximate surface area is 149 Å². The number of benzene rings is 1. The zero-order valence-corrected chi connectivity index (χ0v) is 15.9. The Morgan fingerprint density at radius 2 is 1.84 bits per heavy atom. The van der Waals surface area contributed by atoms with Crippen LogP contribution < -0.4 is 10.4 Å². The first-order valence-corrected chi connectivity index (χ1v) is 8.56. The molecule has 3 rings (SSSR count). The number of ether oxygens (including phenoxy) is 1. The summed E-state index contributed by atoms with van der Waals surface area (Å²) in [6.45, 7) is 9.58. The van der Waals surface area contributed by atoms with Crippen molar-refractivity contribution in [3.8, 4) is 0 Å². The SMILES string of the molecule is COCCN(C)c1ncc2c(B3OC(C)(C)C(C)(C)O3)cccc2n1. The van der Waals surface area contributed by atoms with Gasteiger partial charge in [-0.3, -0.25) is 0 Å². The highest BCUT2D eigenvalue weighted by Crippen LogP contribution is 2.36. The number of rotatable bonds is 5. The molecule has 1 aliphatic heterocycles. The first kappa shape index (κ1) is 18.1. The maximum absolute atomic E-state index is 6.18. The number of methoxy groups -OCH3 is 1. The normalized spacial score (nSPS) is 18.7. The number of hydrogen-bond acceptors (Lipinski definition) is 6. The predicted molar refractivity (Wildman–Crippen MR) is 100 cm³/mol. The summed E-state index contributed by atoms with van der Waals surface area (Å²) in [6.07, 6.45) is 1.85. The van der Waals surface area contributed by atoms with Crippen LogP contribution in [0.5, 0.6) is 0 Å². The molecule has 0 N–H and O–H groups in total. The van der Waals surface area contributed by atoms with Crippen LogP contribution in [0.3, 0.4) is 0 Å². The summed E-state index contributed by atoms with van der Waals surface area (Å²) in [7, 11) is 3.22. The van der Waals surface area contributed by atoms with Gasteiger partial charge in [-0.1, -0.05) is 12.1 Å². The van der Waals surface area contributed by atoms with Crippen LogP contribution in [-0.4, -0.2) is 55.6 Å². The molecule has 1 saturated heterocycles. The van der Waals surface area contributed by atoms with E-state index in [1.807, 2.05) is 36.3 Å². The molecule has 1 aromatic heterocycles. The molecule has 2 heterocycles. The molecule has 0 bridgehead atoms. The Morgan fingerprint density at radius 3 is 2.48 bits per heavy atom. The van der Waals surface area contributed by atoms with Gasteiger partial charge >= 0.3 is 7.12 Å². The van der Waals surface area contributed by atoms with Crippen LogP contribution in [0.2, 0.25) is 0 Å². The van der Waals surface area contributed by atoms with Gasteiger partial charge in [0.15, 0.2) is 0 Å². The Morgan fingerprint density at radius 1 is 1.16 bits per heavy atom. The van der Waals surface area contributed by atoms with Crippen molar-refractivity contribution in [2.45, 2.75) is 38.9 Å². The summed E-state index contributed by atoms with van der Waals surface area (Å²) < 4.78 is 17.5. The molecule has 0 radical (unpaired) electrons. The Balaban J connectivity index is 1.94. The van der Waals surface area contributed by atoms with Crippen LogP contribution in [0.15, 0.2) is 24.4 Å². The van der Waals surface area contributed by atoms with E-state index in [-0.39, 0.29) is 11.2 Å². The number of hydrogen-bond donors (Lipinski definition) is 0. The lowest BCUT2D eigenvalue weighted by Gasteiger charge is -2.32. The third-order valence-corrected chi connectivity index (χ3v) is 5.13. The molecule has 1 aliphatic rings. The highest BCUT2D eigenvalue weighted by molar-refractivity contribution is 6.65. The van der Waals surface area contributed by atoms with Gasteiger partial charge in [0.1, 0.15) is 0 Å². The number of anilines is 1. The van der Waals surface area contributed by atoms with Crippen molar-refractivity contribution in [2.75, 3.05) is 32.2 Å². The summed E-state index contributed by atoms with van der Waals surface area (Å²) in [4.78, 5) is 11.2. The van der Waals surface area contributed by atoms with Crippen molar-refractivity contribution in [1.29, 1.82) is 0 Å². The fraction of sp³-hybridized carbons (Fsp3) is 0.556. The van der Waals surface area contributed by atoms with Gasteiger partial charge in [-0.25, -0.2) is 9.97 Å². The largest absolute Gasteiger partial charge is 0.495 e. The Hall–Kier alpha value is -1.70. The fourth-order valence-electron chi connectivity index (χ4n) is 2.76. The van der Waals surface area contributed by atoms with E-state index >= 15 is 0 Å². The molecule has 1 fully saturated rings. The molecule has 2 aromatic rings. The minimum atomic E-state index is -0.422. The van der Waals surface area contributed by atoms with Crippen molar-refractivity contribution >= 4 is 29.4 Å². The van der Waals surface area contributed by atoms with E-state index in [2.05, 4.69) is 37.7 Å². The lowest BCUT2D eigenvalue weighted by molar-refractivity contribution is 0.00578. The van der Waals surface area contributed by atoms with E-state index in [0.29, 0.717) is 12.6 Å². The number of fused-ring (bicyclic) bond motifs is 1. The maximum atomic E-state index is 6.18. The molecule has 7 heteroatoms. The molecule has 0 saturated carbocycles. The van der Waals surface area contributed by atoms with Gasteiger partial charge in [0.2, 0.25) is 5.95 Å². The predicted octanol–water partition coefficient (Wildman–Crippen LogP) is 2.01. The monoisotopic (exact) mass is 343 g/mol. The quantitative estimate of drug-likeness (QED) is 0.774. The zero-order valence-electron chi connectivity index (χ0n) is 15.9. The lowest BCUT2D eigenvalue weighted by Crippen LogP contribution is -2.41. The fourth-order valence-corrected chi connectivity index (χ4v) is 2.76. The number of likely N-dealkylation sites (N-methyl/N-ethyl adjacent to an activating group) is 1. The van der Waals surface area contributed by atoms with E-state index in [4.69, 9.17) is 14.0 Å². The summed E-state index contributed by atoms with van der Waals surface area (Å²) in [5.41, 5.74) is 1.09. The van der Waals surface area contributed by atoms with E-state index in [1.54, 1.807) is 7.11 Å². The number of nitrogens with zero attached hydrogens (tertiary/aromatic N) is 3. The van der Waals surface area contributed by atoms with Crippen LogP contribution in [0.1, 0.15) is 27.7 Å². The van der Waals surface area contributed by atoms with Gasteiger partial charge in [0.25, 0.3) is 0 Å². The summed E-state index contributed by atoms with van der Waals surface area (Å²) in [5, 5.41) is 0.949. The summed E-state index contributed by atoms with van der Waals surface area (Å²) >= 11 is 0. The van der Waals surface area contributed by atoms with Crippen LogP contribution in [0.4, 0.5) is 5.95 Å². The first-order valence-electron chi connectivity index (χ1n) is 8.56. The first-order chi connectivity index (χ1) is 11.7. The van der Waals surface area contributed by atoms with Gasteiger partial charge in [0, 0.05) is 32.3 Å². The van der Waals surface area contributed by atoms with Crippen molar-refractivity contribution in [3.05, 3.63) is 24.4 Å². The second kappa shape index (κ2) is 6.55. The van der Waals surface area contributed by atoms with Gasteiger partial charge in [-0.15, -0.1) is 0 Å². The van der Waals surface area contributed by atoms with Gasteiger partial charge in [0.05, 0.1) is 23.3 Å². The molecular weight excluding hydrogens is 317 g/mol. The molecule has 0 spiro atoms. The molecule has 0 aliphatic carbocycles. The molecule has 0 amide bonds. The molecule has 1 aromatic carbocycles. The topological polar surface area (TPSA) is 56.7 Å². The average Bonchev–Trinajstić information content (AvgIpc) is 2.79. The van der Waals surface area contributed by atoms with Crippen molar-refractivity contribution in [3.63, 3.8) is 0 Å². The van der Waals surface area contributed by atoms with E-state index in [9.17, 15) is 0 Å². The van der Waals surface area contributed by atoms with E-state index in [0.717, 1.165) is 22.9 Å². The molecule has 0 unspecified atom stereocenters. The summed E-state index contributed by atoms with van der Waals surface area (Å²) in [6, 6.07) is 5.98. The second-order valence-corrected chi connectivity index (χ2v) is 7.45. The minimum Gasteiger partial charge on any atom is -0.399 e. The second-order valence-electron chi connectivity index (χ2n) is 7.45. The zero-order chi connectivity index (χ0) is 18.2. The van der Waals surface area contributed by atoms with Crippen molar-refractivity contribution in [2.24, 2.45) is 0 Å². The van der Waals surface area contributed by atoms with E-state index < -0.39 is 7.12 Å². The molecule has 134 valence electrons. The van der Waals surface area contributed by atoms with Gasteiger partial charge in [-0.2, -0.15) is 0 Å². The van der Waals surface area contributed by atoms with E-state index in [1.165, 1.54) is 0 Å². The molecule has 25 heavy (non-hydrogen) atoms.